The summed E-state index contributed by atoms with van der Waals surface area (Å²) in [4.78, 5) is 0. The number of hydrogen-bond acceptors (Lipinski definition) is 2. The highest BCUT2D eigenvalue weighted by atomic mass is 15.1. The van der Waals surface area contributed by atoms with Crippen LogP contribution in [0.15, 0.2) is 0 Å². The normalized spacial score (nSPS) is 48.0. The van der Waals surface area contributed by atoms with E-state index >= 15 is 0 Å². The Hall–Kier alpha value is -0.0800. The molecule has 0 spiro atoms. The fourth-order valence-corrected chi connectivity index (χ4v) is 1.37. The van der Waals surface area contributed by atoms with Crippen molar-refractivity contribution in [2.75, 3.05) is 13.1 Å². The first-order chi connectivity index (χ1) is 3.45. The second kappa shape index (κ2) is 1.20. The molecule has 0 aromatic heterocycles. The highest BCUT2D eigenvalue weighted by Gasteiger charge is 2.31. The summed E-state index contributed by atoms with van der Waals surface area (Å²) in [6.45, 7) is 2.38. The highest BCUT2D eigenvalue weighted by molar-refractivity contribution is 4.95. The van der Waals surface area contributed by atoms with Gasteiger partial charge in [-0.05, 0) is 6.42 Å². The molecule has 0 radical (unpaired) electrons. The third kappa shape index (κ3) is 0.469. The van der Waals surface area contributed by atoms with Crippen LogP contribution >= 0.6 is 0 Å². The minimum Gasteiger partial charge on any atom is -0.314 e. The molecule has 3 saturated heterocycles. The summed E-state index contributed by atoms with van der Waals surface area (Å²) < 4.78 is 0. The molecule has 0 amide bonds. The van der Waals surface area contributed by atoms with Crippen LogP contribution in [0.5, 0.6) is 0 Å². The van der Waals surface area contributed by atoms with E-state index in [2.05, 4.69) is 10.6 Å². The van der Waals surface area contributed by atoms with Crippen LogP contribution in [0.1, 0.15) is 6.42 Å². The second-order valence-corrected chi connectivity index (χ2v) is 2.45. The van der Waals surface area contributed by atoms with Gasteiger partial charge in [0.1, 0.15) is 0 Å². The molecule has 0 aliphatic carbocycles. The molecular weight excluding hydrogens is 88.1 g/mol. The number of hydrogen-bond donors (Lipinski definition) is 2. The van der Waals surface area contributed by atoms with Gasteiger partial charge in [-0.3, -0.25) is 0 Å². The number of piperidine rings is 1. The van der Waals surface area contributed by atoms with Gasteiger partial charge < -0.3 is 10.6 Å². The van der Waals surface area contributed by atoms with Crippen molar-refractivity contribution in [3.05, 3.63) is 0 Å². The second-order valence-electron chi connectivity index (χ2n) is 2.45. The van der Waals surface area contributed by atoms with Crippen molar-refractivity contribution in [3.8, 4) is 0 Å². The Bertz CT molecular complexity index is 62.6. The Morgan fingerprint density at radius 2 is 1.71 bits per heavy atom. The van der Waals surface area contributed by atoms with Gasteiger partial charge in [-0.2, -0.15) is 0 Å². The van der Waals surface area contributed by atoms with Crippen LogP contribution in [0.3, 0.4) is 0 Å². The molecule has 3 aliphatic rings. The van der Waals surface area contributed by atoms with Crippen LogP contribution in [-0.4, -0.2) is 25.2 Å². The van der Waals surface area contributed by atoms with E-state index in [1.54, 1.807) is 0 Å². The molecule has 2 bridgehead atoms. The standard InChI is InChI=1S/C5H10N2/c1-4-2-6-3-5(1)7-4/h4-7H,1-3H2/t4-,5-/m1/s1. The average Bonchev–Trinajstić information content (AvgIpc) is 1.67. The zero-order valence-corrected chi connectivity index (χ0v) is 4.28. The molecule has 2 heteroatoms. The van der Waals surface area contributed by atoms with Gasteiger partial charge in [0.2, 0.25) is 0 Å². The number of piperazine rings is 1. The topological polar surface area (TPSA) is 24.1 Å². The third-order valence-corrected chi connectivity index (χ3v) is 1.82. The van der Waals surface area contributed by atoms with Gasteiger partial charge in [0.25, 0.3) is 0 Å². The zero-order valence-electron chi connectivity index (χ0n) is 4.28. The number of rotatable bonds is 0. The first kappa shape index (κ1) is 3.87. The summed E-state index contributed by atoms with van der Waals surface area (Å²) in [6.07, 6.45) is 1.41. The van der Waals surface area contributed by atoms with Gasteiger partial charge in [0, 0.05) is 25.2 Å². The van der Waals surface area contributed by atoms with Gasteiger partial charge in [0.05, 0.1) is 0 Å². The minimum absolute atomic E-state index is 0.818. The molecule has 3 heterocycles. The van der Waals surface area contributed by atoms with Gasteiger partial charge >= 0.3 is 0 Å². The predicted molar refractivity (Wildman–Crippen MR) is 28.2 cm³/mol. The first-order valence-corrected chi connectivity index (χ1v) is 2.92. The van der Waals surface area contributed by atoms with Crippen LogP contribution in [-0.2, 0) is 0 Å². The van der Waals surface area contributed by atoms with E-state index in [9.17, 15) is 0 Å². The molecule has 3 aliphatic heterocycles. The summed E-state index contributed by atoms with van der Waals surface area (Å²) in [5, 5.41) is 6.74. The van der Waals surface area contributed by atoms with E-state index in [0.29, 0.717) is 0 Å². The van der Waals surface area contributed by atoms with Gasteiger partial charge in [0.15, 0.2) is 0 Å². The molecular formula is C5H10N2. The van der Waals surface area contributed by atoms with Gasteiger partial charge in [-0.15, -0.1) is 0 Å². The molecule has 3 fully saturated rings. The number of nitrogens with one attached hydrogen (secondary N) is 2. The SMILES string of the molecule is C1NC[C@H]2C[C@H]1N2. The molecule has 0 unspecified atom stereocenters. The lowest BCUT2D eigenvalue weighted by Crippen LogP contribution is -2.65. The first-order valence-electron chi connectivity index (χ1n) is 2.92. The monoisotopic (exact) mass is 98.1 g/mol. The van der Waals surface area contributed by atoms with Crippen LogP contribution in [0.25, 0.3) is 0 Å². The lowest BCUT2D eigenvalue weighted by molar-refractivity contribution is 0.201. The van der Waals surface area contributed by atoms with Gasteiger partial charge in [-0.25, -0.2) is 0 Å². The Morgan fingerprint density at radius 3 is 1.86 bits per heavy atom. The van der Waals surface area contributed by atoms with Crippen LogP contribution in [0, 0.1) is 0 Å². The highest BCUT2D eigenvalue weighted by Crippen LogP contribution is 2.13. The number of fused-ring (bicyclic) bond motifs is 2. The maximum Gasteiger partial charge on any atom is 0.0210 e. The van der Waals surface area contributed by atoms with E-state index in [1.807, 2.05) is 0 Å². The van der Waals surface area contributed by atoms with E-state index in [-0.39, 0.29) is 0 Å². The van der Waals surface area contributed by atoms with E-state index in [4.69, 9.17) is 0 Å². The summed E-state index contributed by atoms with van der Waals surface area (Å²) in [7, 11) is 0. The van der Waals surface area contributed by atoms with Crippen LogP contribution in [0.2, 0.25) is 0 Å². The maximum absolute atomic E-state index is 3.42. The Morgan fingerprint density at radius 1 is 1.14 bits per heavy atom. The molecule has 0 aromatic carbocycles. The quantitative estimate of drug-likeness (QED) is 0.419. The summed E-state index contributed by atoms with van der Waals surface area (Å²) in [5.74, 6) is 0. The van der Waals surface area contributed by atoms with E-state index < -0.39 is 0 Å². The fourth-order valence-electron chi connectivity index (χ4n) is 1.37. The molecule has 3 rings (SSSR count). The van der Waals surface area contributed by atoms with Crippen molar-refractivity contribution in [2.45, 2.75) is 18.5 Å². The molecule has 2 N–H and O–H groups in total. The smallest absolute Gasteiger partial charge is 0.0210 e. The molecule has 2 atom stereocenters. The van der Waals surface area contributed by atoms with E-state index in [0.717, 1.165) is 12.1 Å². The lowest BCUT2D eigenvalue weighted by atomic mass is 9.93. The average molecular weight is 98.1 g/mol. The molecule has 0 saturated carbocycles. The Kier molecular flexibility index (Phi) is 0.664. The molecule has 40 valence electrons. The van der Waals surface area contributed by atoms with Crippen LogP contribution in [0.4, 0.5) is 0 Å². The van der Waals surface area contributed by atoms with Crippen molar-refractivity contribution in [1.29, 1.82) is 0 Å². The van der Waals surface area contributed by atoms with Crippen molar-refractivity contribution in [3.63, 3.8) is 0 Å². The molecule has 0 aromatic rings. The summed E-state index contributed by atoms with van der Waals surface area (Å²) >= 11 is 0. The minimum atomic E-state index is 0.818. The molecule has 2 nitrogen and oxygen atoms in total. The third-order valence-electron chi connectivity index (χ3n) is 1.82. The van der Waals surface area contributed by atoms with Crippen LogP contribution < -0.4 is 10.6 Å². The largest absolute Gasteiger partial charge is 0.314 e. The zero-order chi connectivity index (χ0) is 4.69. The van der Waals surface area contributed by atoms with Crippen molar-refractivity contribution < 1.29 is 0 Å². The van der Waals surface area contributed by atoms with Gasteiger partial charge in [-0.1, -0.05) is 0 Å². The summed E-state index contributed by atoms with van der Waals surface area (Å²) in [6, 6.07) is 1.64. The fraction of sp³-hybridized carbons (Fsp3) is 1.00. The Balaban J connectivity index is 1.99. The summed E-state index contributed by atoms with van der Waals surface area (Å²) in [5.41, 5.74) is 0. The van der Waals surface area contributed by atoms with Crippen molar-refractivity contribution in [2.24, 2.45) is 0 Å². The predicted octanol–water partition coefficient (Wildman–Crippen LogP) is -0.680. The van der Waals surface area contributed by atoms with Crippen molar-refractivity contribution in [1.82, 2.24) is 10.6 Å². The van der Waals surface area contributed by atoms with E-state index in [1.165, 1.54) is 19.5 Å². The maximum atomic E-state index is 3.42. The molecule has 7 heavy (non-hydrogen) atoms. The van der Waals surface area contributed by atoms with Crippen molar-refractivity contribution >= 4 is 0 Å². The lowest BCUT2D eigenvalue weighted by Gasteiger charge is -2.42. The Labute approximate surface area is 43.3 Å².